The fraction of sp³-hybridized carbons (Fsp3) is 0.926. The first kappa shape index (κ1) is 34.8. The quantitative estimate of drug-likeness (QED) is 0.181. The van der Waals surface area contributed by atoms with Gasteiger partial charge in [-0.2, -0.15) is 0 Å². The second kappa shape index (κ2) is 9.55. The molecule has 13 heteroatoms. The van der Waals surface area contributed by atoms with Crippen molar-refractivity contribution in [1.82, 2.24) is 10.6 Å². The van der Waals surface area contributed by atoms with E-state index in [9.17, 15) is 40.2 Å². The molecular weight excluding hydrogens is 528 g/mol. The van der Waals surface area contributed by atoms with Gasteiger partial charge in [0.15, 0.2) is 5.79 Å². The number of aliphatic hydroxyl groups is 6. The third-order valence-corrected chi connectivity index (χ3v) is 10.9. The van der Waals surface area contributed by atoms with Crippen molar-refractivity contribution in [1.29, 1.82) is 0 Å². The molecule has 10 atom stereocenters. The van der Waals surface area contributed by atoms with Gasteiger partial charge in [0.05, 0.1) is 25.4 Å². The molecule has 2 aliphatic heterocycles. The minimum absolute atomic E-state index is 0.559. The number of ether oxygens (including phenoxy) is 3. The zero-order valence-electron chi connectivity index (χ0n) is 25.8. The van der Waals surface area contributed by atoms with E-state index in [-0.39, 0.29) is 0 Å². The van der Waals surface area contributed by atoms with Gasteiger partial charge in [-0.1, -0.05) is 0 Å². The third kappa shape index (κ3) is 4.00. The van der Waals surface area contributed by atoms with Gasteiger partial charge in [-0.05, 0) is 69.2 Å². The van der Waals surface area contributed by atoms with Crippen LogP contribution < -0.4 is 10.6 Å². The third-order valence-electron chi connectivity index (χ3n) is 10.9. The Morgan fingerprint density at radius 2 is 1.00 bits per heavy atom. The topological polar surface area (TPSA) is 207 Å². The molecule has 0 bridgehead atoms. The van der Waals surface area contributed by atoms with Crippen LogP contribution in [0.4, 0.5) is 0 Å². The van der Waals surface area contributed by atoms with Crippen LogP contribution in [-0.2, 0) is 23.8 Å². The lowest BCUT2D eigenvalue weighted by Crippen LogP contribution is -2.93. The molecule has 2 heterocycles. The normalized spacial score (nSPS) is 53.1. The zero-order valence-corrected chi connectivity index (χ0v) is 25.8. The summed E-state index contributed by atoms with van der Waals surface area (Å²) >= 11 is 0. The molecule has 0 spiro atoms. The van der Waals surface area contributed by atoms with Crippen molar-refractivity contribution < 1.29 is 54.4 Å². The monoisotopic (exact) mass is 578 g/mol. The van der Waals surface area contributed by atoms with Gasteiger partial charge in [0.1, 0.15) is 44.7 Å². The molecule has 0 aromatic carbocycles. The van der Waals surface area contributed by atoms with Crippen LogP contribution in [-0.4, -0.2) is 118 Å². The standard InChI is InChI=1S/C27H50N2O11/c1-16(33)28-21(6)18(3,13-30)38-20(5,15-32)26(11,25(21,10)37)40-27(12)22(7,29-17(2)34)24(9,36)23(8,35)19(4,14-31)39-27/h30-32,35-37H,13-15H2,1-12H3,(H,28,33)(H,29,34). The summed E-state index contributed by atoms with van der Waals surface area (Å²) in [7, 11) is 0. The van der Waals surface area contributed by atoms with Gasteiger partial charge in [-0.25, -0.2) is 0 Å². The van der Waals surface area contributed by atoms with Gasteiger partial charge in [0, 0.05) is 13.8 Å². The van der Waals surface area contributed by atoms with Crippen molar-refractivity contribution in [2.24, 2.45) is 0 Å². The number of amides is 2. The highest BCUT2D eigenvalue weighted by Gasteiger charge is 2.81. The molecule has 2 amide bonds. The average molecular weight is 579 g/mol. The Hall–Kier alpha value is -1.42. The smallest absolute Gasteiger partial charge is 0.217 e. The number of rotatable bonds is 7. The number of carbonyl (C=O) groups excluding carboxylic acids is 2. The Balaban J connectivity index is 2.99. The fourth-order valence-corrected chi connectivity index (χ4v) is 6.75. The van der Waals surface area contributed by atoms with E-state index in [1.165, 1.54) is 83.1 Å². The van der Waals surface area contributed by atoms with E-state index in [0.29, 0.717) is 0 Å². The van der Waals surface area contributed by atoms with Gasteiger partial charge < -0.3 is 55.5 Å². The highest BCUT2D eigenvalue weighted by Crippen LogP contribution is 2.60. The van der Waals surface area contributed by atoms with E-state index < -0.39 is 87.7 Å². The van der Waals surface area contributed by atoms with Crippen molar-refractivity contribution in [3.63, 3.8) is 0 Å². The summed E-state index contributed by atoms with van der Waals surface area (Å²) in [5, 5.41) is 72.9. The summed E-state index contributed by atoms with van der Waals surface area (Å²) in [6.07, 6.45) is 0. The van der Waals surface area contributed by atoms with Crippen LogP contribution in [0.15, 0.2) is 0 Å². The lowest BCUT2D eigenvalue weighted by atomic mass is 9.55. The van der Waals surface area contributed by atoms with Crippen LogP contribution in [0.1, 0.15) is 83.1 Å². The maximum absolute atomic E-state index is 12.5. The van der Waals surface area contributed by atoms with Crippen LogP contribution in [0.5, 0.6) is 0 Å². The summed E-state index contributed by atoms with van der Waals surface area (Å²) in [5.41, 5.74) is -17.8. The van der Waals surface area contributed by atoms with E-state index >= 15 is 0 Å². The first-order valence-electron chi connectivity index (χ1n) is 13.3. The molecule has 0 aromatic rings. The first-order valence-corrected chi connectivity index (χ1v) is 13.3. The minimum Gasteiger partial charge on any atom is -0.393 e. The van der Waals surface area contributed by atoms with Crippen molar-refractivity contribution in [2.75, 3.05) is 19.8 Å². The molecule has 10 unspecified atom stereocenters. The Labute approximate surface area is 236 Å². The largest absolute Gasteiger partial charge is 0.393 e. The molecule has 234 valence electrons. The van der Waals surface area contributed by atoms with E-state index in [1.807, 2.05) is 0 Å². The van der Waals surface area contributed by atoms with Gasteiger partial charge in [0.2, 0.25) is 11.8 Å². The van der Waals surface area contributed by atoms with Crippen LogP contribution in [0.25, 0.3) is 0 Å². The molecule has 0 saturated carbocycles. The molecule has 0 aliphatic carbocycles. The Morgan fingerprint density at radius 3 is 1.38 bits per heavy atom. The zero-order chi connectivity index (χ0) is 31.8. The molecular formula is C27H50N2O11. The van der Waals surface area contributed by atoms with Gasteiger partial charge in [-0.15, -0.1) is 0 Å². The Kier molecular flexibility index (Phi) is 8.30. The van der Waals surface area contributed by atoms with E-state index in [2.05, 4.69) is 10.6 Å². The fourth-order valence-electron chi connectivity index (χ4n) is 6.75. The first-order chi connectivity index (χ1) is 17.6. The second-order valence-corrected chi connectivity index (χ2v) is 13.3. The maximum atomic E-state index is 12.5. The highest BCUT2D eigenvalue weighted by atomic mass is 16.7. The van der Waals surface area contributed by atoms with Crippen LogP contribution in [0.2, 0.25) is 0 Å². The van der Waals surface area contributed by atoms with E-state index in [4.69, 9.17) is 14.2 Å². The van der Waals surface area contributed by atoms with Gasteiger partial charge in [0.25, 0.3) is 0 Å². The lowest BCUT2D eigenvalue weighted by Gasteiger charge is -2.72. The number of hydrogen-bond acceptors (Lipinski definition) is 11. The Bertz CT molecular complexity index is 1040. The number of hydrogen-bond donors (Lipinski definition) is 8. The summed E-state index contributed by atoms with van der Waals surface area (Å²) in [4.78, 5) is 24.9. The van der Waals surface area contributed by atoms with Crippen molar-refractivity contribution in [2.45, 2.75) is 139 Å². The van der Waals surface area contributed by atoms with E-state index in [1.54, 1.807) is 0 Å². The minimum atomic E-state index is -2.26. The molecule has 2 fully saturated rings. The number of carbonyl (C=O) groups is 2. The van der Waals surface area contributed by atoms with Gasteiger partial charge >= 0.3 is 0 Å². The molecule has 13 nitrogen and oxygen atoms in total. The second-order valence-electron chi connectivity index (χ2n) is 13.3. The molecule has 0 radical (unpaired) electrons. The summed E-state index contributed by atoms with van der Waals surface area (Å²) in [6, 6.07) is 0. The van der Waals surface area contributed by atoms with Crippen LogP contribution in [0.3, 0.4) is 0 Å². The maximum Gasteiger partial charge on any atom is 0.217 e. The lowest BCUT2D eigenvalue weighted by molar-refractivity contribution is -0.478. The molecule has 0 aromatic heterocycles. The molecule has 2 aliphatic rings. The van der Waals surface area contributed by atoms with E-state index in [0.717, 1.165) is 0 Å². The van der Waals surface area contributed by atoms with Crippen molar-refractivity contribution in [3.8, 4) is 0 Å². The SMILES string of the molecule is CC(=O)NC1(C)C(C)(CO)OC(C)(CO)C(C)(OC2(C)OC(C)(CO)C(C)(O)C(C)(O)C2(C)NC(C)=O)C1(C)O. The highest BCUT2D eigenvalue weighted by molar-refractivity contribution is 5.75. The van der Waals surface area contributed by atoms with Crippen molar-refractivity contribution >= 4 is 11.8 Å². The molecule has 8 N–H and O–H groups in total. The Morgan fingerprint density at radius 1 is 0.600 bits per heavy atom. The number of nitrogens with one attached hydrogen (secondary N) is 2. The summed E-state index contributed by atoms with van der Waals surface area (Å²) in [5.74, 6) is -3.36. The summed E-state index contributed by atoms with van der Waals surface area (Å²) < 4.78 is 19.4. The summed E-state index contributed by atoms with van der Waals surface area (Å²) in [6.45, 7) is 13.9. The average Bonchev–Trinajstić information content (AvgIpc) is 2.80. The predicted octanol–water partition coefficient (Wildman–Crippen LogP) is -1.17. The molecule has 2 saturated heterocycles. The van der Waals surface area contributed by atoms with Crippen LogP contribution in [0, 0.1) is 0 Å². The predicted molar refractivity (Wildman–Crippen MR) is 143 cm³/mol. The number of aliphatic hydroxyl groups excluding tert-OH is 3. The van der Waals surface area contributed by atoms with Crippen LogP contribution >= 0.6 is 0 Å². The molecule has 2 rings (SSSR count). The van der Waals surface area contributed by atoms with Crippen molar-refractivity contribution in [3.05, 3.63) is 0 Å². The molecule has 40 heavy (non-hydrogen) atoms. The van der Waals surface area contributed by atoms with Gasteiger partial charge in [-0.3, -0.25) is 9.59 Å².